The molecule has 0 aromatic rings. The van der Waals surface area contributed by atoms with E-state index in [1.165, 1.54) is 0 Å². The first-order valence-electron chi connectivity index (χ1n) is 2.51. The summed E-state index contributed by atoms with van der Waals surface area (Å²) < 4.78 is 29.0. The van der Waals surface area contributed by atoms with Crippen molar-refractivity contribution < 1.29 is 32.7 Å². The van der Waals surface area contributed by atoms with Crippen LogP contribution in [0, 0.1) is 0 Å². The highest BCUT2D eigenvalue weighted by Gasteiger charge is 2.06. The molecule has 0 fully saturated rings. The second-order valence-corrected chi connectivity index (χ2v) is 1.29. The van der Waals surface area contributed by atoms with Gasteiger partial charge in [0.05, 0.1) is 0 Å². The van der Waals surface area contributed by atoms with E-state index in [4.69, 9.17) is 19.8 Å². The van der Waals surface area contributed by atoms with Crippen molar-refractivity contribution in [1.29, 1.82) is 0 Å². The number of carboxylic acids is 2. The van der Waals surface area contributed by atoms with Crippen molar-refractivity contribution in [2.24, 2.45) is 0 Å². The lowest BCUT2D eigenvalue weighted by atomic mass is 10.5. The molecule has 2 N–H and O–H groups in total. The fourth-order valence-corrected chi connectivity index (χ4v) is 0. The van der Waals surface area contributed by atoms with E-state index in [-0.39, 0.29) is 0 Å². The molecular formula is C4H8BF3O4. The van der Waals surface area contributed by atoms with Crippen LogP contribution in [0.4, 0.5) is 12.9 Å². The number of carbonyl (C=O) groups is 2. The fourth-order valence-electron chi connectivity index (χ4n) is 0. The lowest BCUT2D eigenvalue weighted by Crippen LogP contribution is -1.78. The minimum atomic E-state index is -3.67. The minimum Gasteiger partial charge on any atom is -0.481 e. The highest BCUT2D eigenvalue weighted by Crippen LogP contribution is 1.80. The number of carboxylic acid groups (broad SMARTS) is 2. The molecule has 72 valence electrons. The van der Waals surface area contributed by atoms with Crippen LogP contribution >= 0.6 is 0 Å². The molecule has 0 heterocycles. The quantitative estimate of drug-likeness (QED) is 0.557. The normalized spacial score (nSPS) is 6.42. The van der Waals surface area contributed by atoms with Crippen LogP contribution in [-0.2, 0) is 9.59 Å². The van der Waals surface area contributed by atoms with Gasteiger partial charge in [0.25, 0.3) is 11.9 Å². The lowest BCUT2D eigenvalue weighted by molar-refractivity contribution is -0.135. The summed E-state index contributed by atoms with van der Waals surface area (Å²) in [7, 11) is -3.67. The Bertz CT molecular complexity index is 107. The Morgan fingerprint density at radius 2 is 1.00 bits per heavy atom. The van der Waals surface area contributed by atoms with Gasteiger partial charge in [-0.25, -0.2) is 0 Å². The van der Waals surface area contributed by atoms with Gasteiger partial charge < -0.3 is 10.2 Å². The highest BCUT2D eigenvalue weighted by molar-refractivity contribution is 6.33. The maximum Gasteiger partial charge on any atom is 0.762 e. The molecule has 0 aliphatic heterocycles. The van der Waals surface area contributed by atoms with Crippen LogP contribution < -0.4 is 0 Å². The molecule has 0 bridgehead atoms. The van der Waals surface area contributed by atoms with Gasteiger partial charge in [0.1, 0.15) is 0 Å². The van der Waals surface area contributed by atoms with Crippen LogP contribution in [0.25, 0.3) is 0 Å². The third-order valence-electron chi connectivity index (χ3n) is 0. The van der Waals surface area contributed by atoms with Gasteiger partial charge in [-0.2, -0.15) is 0 Å². The van der Waals surface area contributed by atoms with E-state index >= 15 is 0 Å². The molecule has 0 aromatic carbocycles. The van der Waals surface area contributed by atoms with E-state index in [9.17, 15) is 12.9 Å². The lowest BCUT2D eigenvalue weighted by Gasteiger charge is -1.59. The first kappa shape index (κ1) is 17.0. The molecular weight excluding hydrogens is 180 g/mol. The van der Waals surface area contributed by atoms with Crippen LogP contribution in [0.3, 0.4) is 0 Å². The Hall–Kier alpha value is -1.21. The van der Waals surface area contributed by atoms with Crippen molar-refractivity contribution in [3.05, 3.63) is 0 Å². The molecule has 0 aromatic heterocycles. The van der Waals surface area contributed by atoms with Crippen LogP contribution in [-0.4, -0.2) is 29.7 Å². The van der Waals surface area contributed by atoms with Crippen molar-refractivity contribution in [3.8, 4) is 0 Å². The third-order valence-corrected chi connectivity index (χ3v) is 0. The van der Waals surface area contributed by atoms with Crippen molar-refractivity contribution in [2.75, 3.05) is 0 Å². The number of hydrogen-bond donors (Lipinski definition) is 2. The minimum absolute atomic E-state index is 0.833. The summed E-state index contributed by atoms with van der Waals surface area (Å²) >= 11 is 0. The van der Waals surface area contributed by atoms with E-state index in [1.54, 1.807) is 0 Å². The highest BCUT2D eigenvalue weighted by atomic mass is 19.4. The summed E-state index contributed by atoms with van der Waals surface area (Å²) in [6.45, 7) is 2.17. The van der Waals surface area contributed by atoms with Gasteiger partial charge in [0.2, 0.25) is 0 Å². The number of aliphatic carboxylic acids is 2. The average Bonchev–Trinajstić information content (AvgIpc) is 1.54. The second-order valence-electron chi connectivity index (χ2n) is 1.29. The van der Waals surface area contributed by atoms with Crippen molar-refractivity contribution in [2.45, 2.75) is 13.8 Å². The number of halogens is 3. The standard InChI is InChI=1S/2C2H4O2.BF3/c2*1-2(3)4;2-1(3)4/h2*1H3,(H,3,4);. The zero-order valence-corrected chi connectivity index (χ0v) is 6.42. The number of hydrogen-bond acceptors (Lipinski definition) is 2. The molecule has 0 aliphatic carbocycles. The van der Waals surface area contributed by atoms with Crippen LogP contribution in [0.1, 0.15) is 13.8 Å². The molecule has 0 saturated carbocycles. The van der Waals surface area contributed by atoms with Gasteiger partial charge in [-0.1, -0.05) is 0 Å². The van der Waals surface area contributed by atoms with E-state index in [1.807, 2.05) is 0 Å². The first-order valence-corrected chi connectivity index (χ1v) is 2.51. The predicted molar refractivity (Wildman–Crippen MR) is 35.7 cm³/mol. The SMILES string of the molecule is CC(=O)O.CC(=O)O.FB(F)F. The van der Waals surface area contributed by atoms with Crippen molar-refractivity contribution >= 4 is 19.5 Å². The molecule has 12 heavy (non-hydrogen) atoms. The fraction of sp³-hybridized carbons (Fsp3) is 0.500. The summed E-state index contributed by atoms with van der Waals surface area (Å²) in [5.41, 5.74) is 0. The maximum atomic E-state index is 9.67. The smallest absolute Gasteiger partial charge is 0.481 e. The molecule has 0 rings (SSSR count). The molecule has 0 amide bonds. The second kappa shape index (κ2) is 12.5. The first-order chi connectivity index (χ1) is 5.20. The molecule has 4 nitrogen and oxygen atoms in total. The van der Waals surface area contributed by atoms with Gasteiger partial charge in [-0.3, -0.25) is 22.5 Å². The van der Waals surface area contributed by atoms with E-state index in [0.29, 0.717) is 0 Å². The molecule has 0 unspecified atom stereocenters. The molecule has 8 heteroatoms. The molecule has 0 atom stereocenters. The van der Waals surface area contributed by atoms with Crippen molar-refractivity contribution in [1.82, 2.24) is 0 Å². The Labute approximate surface area is 67.2 Å². The van der Waals surface area contributed by atoms with Crippen LogP contribution in [0.5, 0.6) is 0 Å². The Morgan fingerprint density at radius 1 is 1.00 bits per heavy atom. The third kappa shape index (κ3) is 368. The van der Waals surface area contributed by atoms with Gasteiger partial charge >= 0.3 is 7.54 Å². The van der Waals surface area contributed by atoms with Gasteiger partial charge in [-0.05, 0) is 0 Å². The van der Waals surface area contributed by atoms with Gasteiger partial charge in [-0.15, -0.1) is 0 Å². The average molecular weight is 188 g/mol. The molecule has 0 saturated heterocycles. The summed E-state index contributed by atoms with van der Waals surface area (Å²) in [5.74, 6) is -1.67. The van der Waals surface area contributed by atoms with Crippen LogP contribution in [0.2, 0.25) is 0 Å². The zero-order valence-electron chi connectivity index (χ0n) is 6.42. The Morgan fingerprint density at radius 3 is 1.00 bits per heavy atom. The van der Waals surface area contributed by atoms with Gasteiger partial charge in [0, 0.05) is 13.8 Å². The van der Waals surface area contributed by atoms with Gasteiger partial charge in [0.15, 0.2) is 0 Å². The molecule has 0 spiro atoms. The molecule has 0 radical (unpaired) electrons. The monoisotopic (exact) mass is 188 g/mol. The predicted octanol–water partition coefficient (Wildman–Crippen LogP) is 1.06. The van der Waals surface area contributed by atoms with Crippen molar-refractivity contribution in [3.63, 3.8) is 0 Å². The summed E-state index contributed by atoms with van der Waals surface area (Å²) in [5, 5.41) is 14.8. The van der Waals surface area contributed by atoms with E-state index in [0.717, 1.165) is 13.8 Å². The maximum absolute atomic E-state index is 9.67. The zero-order chi connectivity index (χ0) is 10.7. The summed E-state index contributed by atoms with van der Waals surface area (Å²) in [4.78, 5) is 18.0. The topological polar surface area (TPSA) is 74.6 Å². The Balaban J connectivity index is -0.000000101. The summed E-state index contributed by atoms with van der Waals surface area (Å²) in [6, 6.07) is 0. The van der Waals surface area contributed by atoms with E-state index in [2.05, 4.69) is 0 Å². The Kier molecular flexibility index (Phi) is 17.7. The number of rotatable bonds is 0. The molecule has 0 aliphatic rings. The van der Waals surface area contributed by atoms with Crippen LogP contribution in [0.15, 0.2) is 0 Å². The largest absolute Gasteiger partial charge is 0.762 e. The summed E-state index contributed by atoms with van der Waals surface area (Å²) in [6.07, 6.45) is 0. The van der Waals surface area contributed by atoms with E-state index < -0.39 is 19.5 Å².